The molecule has 16 nitrogen and oxygen atoms in total. The molecule has 6 amide bonds. The molecule has 8 N–H and O–H groups in total. The van der Waals surface area contributed by atoms with Crippen LogP contribution >= 0.6 is 11.8 Å². The second kappa shape index (κ2) is 20.3. The van der Waals surface area contributed by atoms with E-state index in [9.17, 15) is 38.7 Å². The summed E-state index contributed by atoms with van der Waals surface area (Å²) < 4.78 is 0.553. The number of carboxylic acid groups (broad SMARTS) is 1. The fourth-order valence-electron chi connectivity index (χ4n) is 7.54. The number of carbonyl (C=O) groups excluding carboxylic acids is 7. The zero-order chi connectivity index (χ0) is 41.9. The zero-order valence-corrected chi connectivity index (χ0v) is 33.9. The molecule has 57 heavy (non-hydrogen) atoms. The van der Waals surface area contributed by atoms with E-state index in [4.69, 9.17) is 11.5 Å². The molecule has 5 atom stereocenters. The summed E-state index contributed by atoms with van der Waals surface area (Å²) in [4.78, 5) is 94.5. The first-order valence-electron chi connectivity index (χ1n) is 19.4. The van der Waals surface area contributed by atoms with Gasteiger partial charge >= 0.3 is 0 Å². The van der Waals surface area contributed by atoms with E-state index in [2.05, 4.69) is 21.3 Å². The lowest BCUT2D eigenvalue weighted by Crippen LogP contribution is -2.63. The molecule has 2 aliphatic rings. The summed E-state index contributed by atoms with van der Waals surface area (Å²) in [6.07, 6.45) is 8.48. The van der Waals surface area contributed by atoms with Crippen LogP contribution in [0.15, 0.2) is 48.8 Å². The van der Waals surface area contributed by atoms with Gasteiger partial charge in [-0.1, -0.05) is 31.4 Å². The Morgan fingerprint density at radius 3 is 2.11 bits per heavy atom. The molecule has 0 bridgehead atoms. The van der Waals surface area contributed by atoms with E-state index < -0.39 is 82.1 Å². The van der Waals surface area contributed by atoms with Gasteiger partial charge in [0.25, 0.3) is 0 Å². The summed E-state index contributed by atoms with van der Waals surface area (Å²) in [5.74, 6) is -5.79. The van der Waals surface area contributed by atoms with Gasteiger partial charge in [-0.2, -0.15) is 0 Å². The third kappa shape index (κ3) is 12.9. The molecule has 1 saturated heterocycles. The van der Waals surface area contributed by atoms with Crippen molar-refractivity contribution < 1.29 is 43.2 Å². The van der Waals surface area contributed by atoms with Crippen molar-refractivity contribution in [1.82, 2.24) is 26.2 Å². The van der Waals surface area contributed by atoms with Crippen molar-refractivity contribution in [2.75, 3.05) is 18.0 Å². The lowest BCUT2D eigenvalue weighted by molar-refractivity contribution is -0.671. The minimum Gasteiger partial charge on any atom is -0.549 e. The molecule has 1 saturated carbocycles. The van der Waals surface area contributed by atoms with Gasteiger partial charge in [-0.05, 0) is 69.2 Å². The molecule has 0 radical (unpaired) electrons. The maximum atomic E-state index is 14.5. The van der Waals surface area contributed by atoms with Gasteiger partial charge in [-0.3, -0.25) is 28.8 Å². The standard InChI is InChI=1S/C40H56N8O8S/c1-24(49)43-29(20-25-14-16-28(41)17-15-25)36(53)45-33(27-11-6-5-7-12-27)38(55)44-30(21-26-10-8-18-47(4)22-26)37(54)46-34(40(2,3)57-23-32(50)51)39(56)48-19-9-13-31(48)35(42)52/h8,10,14-18,22,27,29-31,33-34H,5-7,9,11-13,19-21,23,41H2,1-4H3,(H6-,42,43,44,45,46,49,50,51,52,53,54,55)/t29-,30-,31-,33-,34+/m0/s1. The molecule has 310 valence electrons. The maximum Gasteiger partial charge on any atom is 0.247 e. The van der Waals surface area contributed by atoms with Gasteiger partial charge in [-0.25, -0.2) is 4.57 Å². The van der Waals surface area contributed by atoms with Crippen molar-refractivity contribution in [2.45, 2.75) is 114 Å². The third-order valence-corrected chi connectivity index (χ3v) is 11.9. The van der Waals surface area contributed by atoms with Crippen LogP contribution in [0.4, 0.5) is 5.69 Å². The van der Waals surface area contributed by atoms with Crippen LogP contribution in [-0.2, 0) is 53.5 Å². The summed E-state index contributed by atoms with van der Waals surface area (Å²) in [6, 6.07) is 4.84. The third-order valence-electron chi connectivity index (χ3n) is 10.5. The molecule has 1 aromatic carbocycles. The van der Waals surface area contributed by atoms with Crippen LogP contribution < -0.4 is 42.4 Å². The maximum absolute atomic E-state index is 14.5. The monoisotopic (exact) mass is 808 g/mol. The first-order chi connectivity index (χ1) is 26.9. The highest BCUT2D eigenvalue weighted by molar-refractivity contribution is 8.01. The van der Waals surface area contributed by atoms with E-state index in [0.29, 0.717) is 36.9 Å². The fraction of sp³-hybridized carbons (Fsp3) is 0.550. The number of rotatable bonds is 18. The molecule has 2 fully saturated rings. The van der Waals surface area contributed by atoms with Crippen molar-refractivity contribution in [2.24, 2.45) is 18.7 Å². The highest BCUT2D eigenvalue weighted by Crippen LogP contribution is 2.32. The number of hydrogen-bond donors (Lipinski definition) is 6. The highest BCUT2D eigenvalue weighted by atomic mass is 32.2. The smallest absolute Gasteiger partial charge is 0.247 e. The number of nitrogens with zero attached hydrogens (tertiary/aromatic N) is 2. The van der Waals surface area contributed by atoms with Crippen molar-refractivity contribution in [3.05, 3.63) is 59.9 Å². The number of aryl methyl sites for hydroxylation is 1. The Balaban J connectivity index is 1.67. The Morgan fingerprint density at radius 2 is 1.49 bits per heavy atom. The SMILES string of the molecule is CC(=O)N[C@@H](Cc1ccc(N)cc1)C(=O)N[C@H](C(=O)N[C@@H](Cc1ccc[n+](C)c1)C(=O)N[C@H](C(=O)N1CCC[C@H]1C(N)=O)C(C)(C)SCC(=O)[O-])C1CCCCC1. The van der Waals surface area contributed by atoms with E-state index >= 15 is 0 Å². The molecule has 0 unspecified atom stereocenters. The van der Waals surface area contributed by atoms with E-state index in [1.54, 1.807) is 74.3 Å². The Kier molecular flexibility index (Phi) is 15.9. The van der Waals surface area contributed by atoms with Crippen LogP contribution in [0.2, 0.25) is 0 Å². The van der Waals surface area contributed by atoms with Gasteiger partial charge < -0.3 is 47.5 Å². The molecule has 1 aliphatic heterocycles. The molecule has 4 rings (SSSR count). The summed E-state index contributed by atoms with van der Waals surface area (Å²) in [6.45, 7) is 4.72. The Hall–Kier alpha value is -5.19. The zero-order valence-electron chi connectivity index (χ0n) is 33.1. The van der Waals surface area contributed by atoms with E-state index in [-0.39, 0.29) is 25.3 Å². The van der Waals surface area contributed by atoms with E-state index in [1.165, 1.54) is 11.8 Å². The summed E-state index contributed by atoms with van der Waals surface area (Å²) >= 11 is 0.889. The number of carboxylic acids is 1. The summed E-state index contributed by atoms with van der Waals surface area (Å²) in [5.41, 5.74) is 13.4. The van der Waals surface area contributed by atoms with Gasteiger partial charge in [0, 0.05) is 54.1 Å². The molecule has 17 heteroatoms. The number of amides is 6. The van der Waals surface area contributed by atoms with Crippen LogP contribution in [0.25, 0.3) is 0 Å². The van der Waals surface area contributed by atoms with Crippen LogP contribution in [0.3, 0.4) is 0 Å². The number of aromatic nitrogens is 1. The molecular weight excluding hydrogens is 753 g/mol. The number of anilines is 1. The average molecular weight is 809 g/mol. The van der Waals surface area contributed by atoms with Crippen molar-refractivity contribution >= 4 is 58.9 Å². The van der Waals surface area contributed by atoms with Crippen molar-refractivity contribution in [1.29, 1.82) is 0 Å². The minimum absolute atomic E-state index is 0.00953. The first-order valence-corrected chi connectivity index (χ1v) is 20.3. The number of primary amides is 1. The molecule has 2 aromatic rings. The Bertz CT molecular complexity index is 1780. The summed E-state index contributed by atoms with van der Waals surface area (Å²) in [7, 11) is 1.80. The molecular formula is C40H56N8O8S. The minimum atomic E-state index is -1.37. The van der Waals surface area contributed by atoms with Crippen LogP contribution in [0.5, 0.6) is 0 Å². The van der Waals surface area contributed by atoms with Gasteiger partial charge in [0.15, 0.2) is 12.4 Å². The number of benzene rings is 1. The normalized spacial score (nSPS) is 18.0. The second-order valence-corrected chi connectivity index (χ2v) is 17.2. The molecule has 1 aromatic heterocycles. The molecule has 0 spiro atoms. The van der Waals surface area contributed by atoms with Crippen molar-refractivity contribution in [3.8, 4) is 0 Å². The quantitative estimate of drug-likeness (QED) is 0.0805. The fourth-order valence-corrected chi connectivity index (χ4v) is 8.35. The average Bonchev–Trinajstić information content (AvgIpc) is 3.66. The largest absolute Gasteiger partial charge is 0.549 e. The van der Waals surface area contributed by atoms with Gasteiger partial charge in [0.1, 0.15) is 37.3 Å². The number of likely N-dealkylation sites (tertiary alicyclic amines) is 1. The van der Waals surface area contributed by atoms with Gasteiger partial charge in [0.05, 0.1) is 5.97 Å². The van der Waals surface area contributed by atoms with Gasteiger partial charge in [0.2, 0.25) is 35.4 Å². The number of thioether (sulfide) groups is 1. The Morgan fingerprint density at radius 1 is 0.860 bits per heavy atom. The van der Waals surface area contributed by atoms with E-state index in [0.717, 1.165) is 36.6 Å². The van der Waals surface area contributed by atoms with E-state index in [1.807, 2.05) is 0 Å². The van der Waals surface area contributed by atoms with Crippen molar-refractivity contribution in [3.63, 3.8) is 0 Å². The lowest BCUT2D eigenvalue weighted by atomic mass is 9.83. The Labute approximate surface area is 337 Å². The number of nitrogens with two attached hydrogens (primary N) is 2. The number of nitrogens with one attached hydrogen (secondary N) is 4. The number of carbonyl (C=O) groups is 7. The summed E-state index contributed by atoms with van der Waals surface area (Å²) in [5, 5.41) is 22.8. The highest BCUT2D eigenvalue weighted by Gasteiger charge is 2.45. The number of hydrogen-bond acceptors (Lipinski definition) is 10. The lowest BCUT2D eigenvalue weighted by Gasteiger charge is -2.38. The first kappa shape index (κ1) is 44.5. The van der Waals surface area contributed by atoms with Gasteiger partial charge in [-0.15, -0.1) is 11.8 Å². The molecule has 1 aliphatic carbocycles. The van der Waals surface area contributed by atoms with Crippen LogP contribution in [0.1, 0.15) is 76.8 Å². The topological polar surface area (TPSA) is 250 Å². The van der Waals surface area contributed by atoms with Crippen LogP contribution in [0, 0.1) is 5.92 Å². The van der Waals surface area contributed by atoms with Crippen LogP contribution in [-0.4, -0.2) is 93.6 Å². The number of pyridine rings is 1. The number of aliphatic carboxylic acids is 1. The molecule has 2 heterocycles. The second-order valence-electron chi connectivity index (χ2n) is 15.5. The predicted octanol–water partition coefficient (Wildman–Crippen LogP) is -0.844. The number of nitrogen functional groups attached to an aromatic ring is 1. The predicted molar refractivity (Wildman–Crippen MR) is 211 cm³/mol.